The van der Waals surface area contributed by atoms with Crippen molar-refractivity contribution < 1.29 is 4.79 Å². The average molecular weight is 412 g/mol. The molecule has 0 radical (unpaired) electrons. The van der Waals surface area contributed by atoms with E-state index in [1.807, 2.05) is 37.3 Å². The molecule has 154 valence electrons. The van der Waals surface area contributed by atoms with Gasteiger partial charge in [0.2, 0.25) is 0 Å². The summed E-state index contributed by atoms with van der Waals surface area (Å²) < 4.78 is 2.17. The Kier molecular flexibility index (Phi) is 7.17. The number of hydrogen-bond acceptors (Lipinski definition) is 5. The third kappa shape index (κ3) is 4.92. The van der Waals surface area contributed by atoms with E-state index in [-0.39, 0.29) is 5.91 Å². The lowest BCUT2D eigenvalue weighted by molar-refractivity contribution is 0.100. The van der Waals surface area contributed by atoms with Gasteiger partial charge in [0.1, 0.15) is 5.82 Å². The zero-order valence-corrected chi connectivity index (χ0v) is 18.0. The van der Waals surface area contributed by atoms with E-state index in [0.717, 1.165) is 61.0 Å². The number of aromatic nitrogens is 2. The van der Waals surface area contributed by atoms with Crippen LogP contribution in [-0.2, 0) is 13.6 Å². The van der Waals surface area contributed by atoms with Gasteiger partial charge in [0.15, 0.2) is 0 Å². The Bertz CT molecular complexity index is 963. The van der Waals surface area contributed by atoms with Gasteiger partial charge in [0, 0.05) is 38.9 Å². The maximum absolute atomic E-state index is 11.7. The summed E-state index contributed by atoms with van der Waals surface area (Å²) in [7, 11) is 2.07. The van der Waals surface area contributed by atoms with Gasteiger partial charge in [-0.2, -0.15) is 12.6 Å². The highest BCUT2D eigenvalue weighted by Crippen LogP contribution is 2.22. The van der Waals surface area contributed by atoms with Gasteiger partial charge in [-0.3, -0.25) is 9.69 Å². The summed E-state index contributed by atoms with van der Waals surface area (Å²) in [6, 6.07) is 15.8. The molecule has 4 rings (SSSR count). The Labute approximate surface area is 177 Å². The van der Waals surface area contributed by atoms with Crippen LogP contribution in [0.15, 0.2) is 48.5 Å². The number of amides is 1. The third-order valence-electron chi connectivity index (χ3n) is 5.13. The summed E-state index contributed by atoms with van der Waals surface area (Å²) in [5.74, 6) is 1.65. The molecule has 2 aromatic carbocycles. The number of imidazole rings is 1. The second-order valence-corrected chi connectivity index (χ2v) is 7.67. The molecule has 1 aliphatic heterocycles. The van der Waals surface area contributed by atoms with Crippen molar-refractivity contribution in [3.63, 3.8) is 0 Å². The van der Waals surface area contributed by atoms with Gasteiger partial charge in [-0.25, -0.2) is 4.98 Å². The highest BCUT2D eigenvalue weighted by Gasteiger charge is 2.21. The second-order valence-electron chi connectivity index (χ2n) is 7.04. The second kappa shape index (κ2) is 9.80. The number of piperazine rings is 1. The number of carbonyl (C=O) groups excluding carboxylic acids is 1. The molecule has 6 nitrogen and oxygen atoms in total. The lowest BCUT2D eigenvalue weighted by Crippen LogP contribution is -2.46. The molecule has 0 spiro atoms. The van der Waals surface area contributed by atoms with Crippen LogP contribution >= 0.6 is 12.6 Å². The van der Waals surface area contributed by atoms with Crippen LogP contribution in [0.4, 0.5) is 5.69 Å². The predicted molar refractivity (Wildman–Crippen MR) is 123 cm³/mol. The van der Waals surface area contributed by atoms with Gasteiger partial charge in [-0.1, -0.05) is 31.2 Å². The van der Waals surface area contributed by atoms with Gasteiger partial charge in [-0.15, -0.1) is 0 Å². The van der Waals surface area contributed by atoms with E-state index in [1.165, 1.54) is 0 Å². The van der Waals surface area contributed by atoms with E-state index in [9.17, 15) is 4.79 Å². The molecule has 0 atom stereocenters. The molecular formula is C22H29N5OS. The zero-order chi connectivity index (χ0) is 20.8. The first-order valence-electron chi connectivity index (χ1n) is 9.92. The lowest BCUT2D eigenvalue weighted by atomic mass is 10.1. The summed E-state index contributed by atoms with van der Waals surface area (Å²) in [5, 5.41) is 0. The number of para-hydroxylation sites is 3. The minimum absolute atomic E-state index is 0.372. The van der Waals surface area contributed by atoms with Gasteiger partial charge in [-0.05, 0) is 30.0 Å². The number of fused-ring (bicyclic) bond motifs is 1. The van der Waals surface area contributed by atoms with Crippen LogP contribution in [0.2, 0.25) is 0 Å². The van der Waals surface area contributed by atoms with Crippen molar-refractivity contribution >= 4 is 35.3 Å². The molecule has 1 amide bonds. The molecule has 1 saturated heterocycles. The van der Waals surface area contributed by atoms with Gasteiger partial charge >= 0.3 is 0 Å². The zero-order valence-electron chi connectivity index (χ0n) is 17.1. The number of hydrogen-bond donors (Lipinski definition) is 2. The number of anilines is 1. The minimum atomic E-state index is -0.372. The Morgan fingerprint density at radius 1 is 1.07 bits per heavy atom. The number of rotatable bonds is 4. The predicted octanol–water partition coefficient (Wildman–Crippen LogP) is 2.93. The standard InChI is InChI=1S/C20H23N5O.C2H6S/c1-23-18-9-5-3-7-16(18)22-19(23)14-24-10-12-25(13-11-24)17-8-4-2-6-15(17)20(21)26;1-2-3/h2-9H,10-14H2,1H3,(H2,21,26);3H,2H2,1H3. The van der Waals surface area contributed by atoms with Crippen LogP contribution in [0.3, 0.4) is 0 Å². The Balaban J connectivity index is 0.000000755. The molecule has 29 heavy (non-hydrogen) atoms. The topological polar surface area (TPSA) is 67.4 Å². The first-order chi connectivity index (χ1) is 14.0. The molecule has 7 heteroatoms. The quantitative estimate of drug-likeness (QED) is 0.648. The van der Waals surface area contributed by atoms with Crippen molar-refractivity contribution in [2.75, 3.05) is 36.8 Å². The van der Waals surface area contributed by atoms with Crippen molar-refractivity contribution in [1.82, 2.24) is 14.5 Å². The largest absolute Gasteiger partial charge is 0.368 e. The number of carbonyl (C=O) groups is 1. The van der Waals surface area contributed by atoms with Crippen molar-refractivity contribution in [1.29, 1.82) is 0 Å². The van der Waals surface area contributed by atoms with Crippen LogP contribution in [0.5, 0.6) is 0 Å². The van der Waals surface area contributed by atoms with Crippen LogP contribution in [0.25, 0.3) is 11.0 Å². The number of nitrogens with zero attached hydrogens (tertiary/aromatic N) is 4. The molecule has 0 aliphatic carbocycles. The lowest BCUT2D eigenvalue weighted by Gasteiger charge is -2.36. The van der Waals surface area contributed by atoms with E-state index in [0.29, 0.717) is 5.56 Å². The summed E-state index contributed by atoms with van der Waals surface area (Å²) >= 11 is 3.79. The molecule has 0 bridgehead atoms. The average Bonchev–Trinajstić information content (AvgIpc) is 3.05. The van der Waals surface area contributed by atoms with Crippen LogP contribution in [0.1, 0.15) is 23.1 Å². The maximum Gasteiger partial charge on any atom is 0.250 e. The molecule has 0 saturated carbocycles. The van der Waals surface area contributed by atoms with E-state index in [1.54, 1.807) is 6.07 Å². The van der Waals surface area contributed by atoms with Crippen molar-refractivity contribution in [2.24, 2.45) is 12.8 Å². The first-order valence-corrected chi connectivity index (χ1v) is 10.6. The molecule has 1 fully saturated rings. The number of benzene rings is 2. The molecular weight excluding hydrogens is 382 g/mol. The van der Waals surface area contributed by atoms with E-state index >= 15 is 0 Å². The van der Waals surface area contributed by atoms with E-state index in [4.69, 9.17) is 10.7 Å². The molecule has 0 unspecified atom stereocenters. The number of aryl methyl sites for hydroxylation is 1. The van der Waals surface area contributed by atoms with Gasteiger partial charge in [0.05, 0.1) is 23.1 Å². The molecule has 2 N–H and O–H groups in total. The summed E-state index contributed by atoms with van der Waals surface area (Å²) in [5.41, 5.74) is 9.25. The summed E-state index contributed by atoms with van der Waals surface area (Å²) in [4.78, 5) is 21.1. The van der Waals surface area contributed by atoms with Crippen molar-refractivity contribution in [2.45, 2.75) is 13.5 Å². The number of nitrogens with two attached hydrogens (primary N) is 1. The summed E-state index contributed by atoms with van der Waals surface area (Å²) in [6.45, 7) is 6.41. The SMILES string of the molecule is CCS.Cn1c(CN2CCN(c3ccccc3C(N)=O)CC2)nc2ccccc21. The number of thiol groups is 1. The normalized spacial score (nSPS) is 14.5. The van der Waals surface area contributed by atoms with Crippen LogP contribution < -0.4 is 10.6 Å². The van der Waals surface area contributed by atoms with Crippen molar-refractivity contribution in [3.8, 4) is 0 Å². The number of primary amides is 1. The van der Waals surface area contributed by atoms with Crippen LogP contribution in [0, 0.1) is 0 Å². The third-order valence-corrected chi connectivity index (χ3v) is 5.13. The first kappa shape index (κ1) is 21.2. The summed E-state index contributed by atoms with van der Waals surface area (Å²) in [6.07, 6.45) is 0. The van der Waals surface area contributed by atoms with Gasteiger partial charge in [0.25, 0.3) is 5.91 Å². The minimum Gasteiger partial charge on any atom is -0.368 e. The van der Waals surface area contributed by atoms with Gasteiger partial charge < -0.3 is 15.2 Å². The monoisotopic (exact) mass is 411 g/mol. The Morgan fingerprint density at radius 2 is 1.69 bits per heavy atom. The highest BCUT2D eigenvalue weighted by molar-refractivity contribution is 7.80. The molecule has 1 aromatic heterocycles. The van der Waals surface area contributed by atoms with Crippen LogP contribution in [-0.4, -0.2) is 52.3 Å². The maximum atomic E-state index is 11.7. The molecule has 1 aliphatic rings. The molecule has 3 aromatic rings. The smallest absolute Gasteiger partial charge is 0.250 e. The Hall–Kier alpha value is -2.51. The highest BCUT2D eigenvalue weighted by atomic mass is 32.1. The fourth-order valence-corrected chi connectivity index (χ4v) is 3.64. The fraction of sp³-hybridized carbons (Fsp3) is 0.364. The van der Waals surface area contributed by atoms with E-state index in [2.05, 4.69) is 46.2 Å². The van der Waals surface area contributed by atoms with Crippen molar-refractivity contribution in [3.05, 3.63) is 59.9 Å². The fourth-order valence-electron chi connectivity index (χ4n) is 3.64. The van der Waals surface area contributed by atoms with E-state index < -0.39 is 0 Å². The molecule has 2 heterocycles. The Morgan fingerprint density at radius 3 is 2.34 bits per heavy atom.